The third-order valence-electron chi connectivity index (χ3n) is 2.72. The quantitative estimate of drug-likeness (QED) is 0.636. The average Bonchev–Trinajstić information content (AvgIpc) is 2.54. The van der Waals surface area contributed by atoms with Gasteiger partial charge >= 0.3 is 0 Å². The number of carboxylic acid groups (broad SMARTS) is 1. The lowest BCUT2D eigenvalue weighted by atomic mass is 10.2. The lowest BCUT2D eigenvalue weighted by Gasteiger charge is -2.08. The van der Waals surface area contributed by atoms with Gasteiger partial charge in [-0.2, -0.15) is 5.10 Å². The molecule has 7 heteroatoms. The van der Waals surface area contributed by atoms with Gasteiger partial charge in [-0.05, 0) is 35.9 Å². The summed E-state index contributed by atoms with van der Waals surface area (Å²) in [4.78, 5) is 22.1. The standard InChI is InChI=1S/C16H13ClN2O4/c17-13-8-11(6-7-14(13)23-10-15(20)21)9-18-19-16(22)12-4-2-1-3-5-12/h1-9H,10H2,(H,19,22)(H,20,21)/p-1/b18-9-. The van der Waals surface area contributed by atoms with Gasteiger partial charge < -0.3 is 14.6 Å². The number of rotatable bonds is 6. The van der Waals surface area contributed by atoms with Crippen LogP contribution in [0.2, 0.25) is 5.02 Å². The van der Waals surface area contributed by atoms with Crippen LogP contribution in [0, 0.1) is 0 Å². The topological polar surface area (TPSA) is 90.8 Å². The fourth-order valence-corrected chi connectivity index (χ4v) is 1.91. The number of carboxylic acids is 1. The molecule has 0 heterocycles. The summed E-state index contributed by atoms with van der Waals surface area (Å²) in [5.41, 5.74) is 3.50. The van der Waals surface area contributed by atoms with E-state index in [4.69, 9.17) is 16.3 Å². The zero-order valence-electron chi connectivity index (χ0n) is 11.9. The SMILES string of the molecule is O=C([O-])COc1ccc(/C=N\NC(=O)c2ccccc2)cc1Cl. The number of halogens is 1. The molecular weight excluding hydrogens is 320 g/mol. The molecule has 6 nitrogen and oxygen atoms in total. The maximum atomic E-state index is 11.8. The van der Waals surface area contributed by atoms with Gasteiger partial charge in [-0.15, -0.1) is 0 Å². The normalized spacial score (nSPS) is 10.5. The smallest absolute Gasteiger partial charge is 0.271 e. The molecule has 0 bridgehead atoms. The van der Waals surface area contributed by atoms with E-state index < -0.39 is 12.6 Å². The van der Waals surface area contributed by atoms with Crippen LogP contribution in [0.4, 0.5) is 0 Å². The second kappa shape index (κ2) is 7.95. The summed E-state index contributed by atoms with van der Waals surface area (Å²) in [7, 11) is 0. The molecule has 1 amide bonds. The highest BCUT2D eigenvalue weighted by Crippen LogP contribution is 2.24. The van der Waals surface area contributed by atoms with Crippen molar-refractivity contribution in [1.29, 1.82) is 0 Å². The number of hydrogen-bond acceptors (Lipinski definition) is 5. The highest BCUT2D eigenvalue weighted by Gasteiger charge is 2.04. The third kappa shape index (κ3) is 5.12. The summed E-state index contributed by atoms with van der Waals surface area (Å²) in [5.74, 6) is -1.45. The van der Waals surface area contributed by atoms with Crippen molar-refractivity contribution in [2.45, 2.75) is 0 Å². The molecule has 0 aromatic heterocycles. The first-order chi connectivity index (χ1) is 11.1. The number of aliphatic carboxylic acids is 1. The summed E-state index contributed by atoms with van der Waals surface area (Å²) >= 11 is 5.96. The van der Waals surface area contributed by atoms with E-state index in [2.05, 4.69) is 10.5 Å². The number of hydrogen-bond donors (Lipinski definition) is 1. The molecule has 0 aliphatic rings. The van der Waals surface area contributed by atoms with Crippen molar-refractivity contribution in [3.8, 4) is 5.75 Å². The second-order valence-electron chi connectivity index (χ2n) is 4.42. The Labute approximate surface area is 137 Å². The molecule has 0 aliphatic carbocycles. The van der Waals surface area contributed by atoms with Gasteiger partial charge in [0.1, 0.15) is 12.4 Å². The summed E-state index contributed by atoms with van der Waals surface area (Å²) < 4.78 is 4.95. The zero-order valence-corrected chi connectivity index (χ0v) is 12.6. The lowest BCUT2D eigenvalue weighted by Crippen LogP contribution is -2.29. The van der Waals surface area contributed by atoms with E-state index in [0.717, 1.165) is 0 Å². The first kappa shape index (κ1) is 16.5. The minimum Gasteiger partial charge on any atom is -0.546 e. The third-order valence-corrected chi connectivity index (χ3v) is 3.01. The number of carbonyl (C=O) groups is 2. The van der Waals surface area contributed by atoms with Gasteiger partial charge in [-0.25, -0.2) is 5.43 Å². The number of nitrogens with zero attached hydrogens (tertiary/aromatic N) is 1. The number of nitrogens with one attached hydrogen (secondary N) is 1. The van der Waals surface area contributed by atoms with Gasteiger partial charge in [0.15, 0.2) is 0 Å². The van der Waals surface area contributed by atoms with Crippen molar-refractivity contribution in [3.63, 3.8) is 0 Å². The van der Waals surface area contributed by atoms with Crippen LogP contribution in [0.5, 0.6) is 5.75 Å². The van der Waals surface area contributed by atoms with E-state index in [1.165, 1.54) is 18.3 Å². The average molecular weight is 332 g/mol. The predicted octanol–water partition coefficient (Wildman–Crippen LogP) is 1.23. The van der Waals surface area contributed by atoms with Crippen LogP contribution in [0.25, 0.3) is 0 Å². The van der Waals surface area contributed by atoms with E-state index >= 15 is 0 Å². The summed E-state index contributed by atoms with van der Waals surface area (Å²) in [6.45, 7) is -0.583. The van der Waals surface area contributed by atoms with E-state index in [-0.39, 0.29) is 16.7 Å². The molecule has 118 valence electrons. The number of ether oxygens (including phenoxy) is 1. The van der Waals surface area contributed by atoms with Crippen molar-refractivity contribution >= 4 is 29.7 Å². The van der Waals surface area contributed by atoms with Gasteiger partial charge in [0.25, 0.3) is 5.91 Å². The molecule has 0 unspecified atom stereocenters. The Morgan fingerprint density at radius 2 is 1.96 bits per heavy atom. The van der Waals surface area contributed by atoms with Crippen molar-refractivity contribution in [1.82, 2.24) is 5.43 Å². The molecule has 0 fully saturated rings. The van der Waals surface area contributed by atoms with Crippen LogP contribution in [-0.4, -0.2) is 24.7 Å². The number of amides is 1. The van der Waals surface area contributed by atoms with Crippen LogP contribution in [0.1, 0.15) is 15.9 Å². The van der Waals surface area contributed by atoms with Crippen molar-refractivity contribution < 1.29 is 19.4 Å². The van der Waals surface area contributed by atoms with Crippen LogP contribution in [0.3, 0.4) is 0 Å². The molecule has 0 atom stereocenters. The molecular formula is C16H12ClN2O4-. The van der Waals surface area contributed by atoms with Crippen LogP contribution in [-0.2, 0) is 4.79 Å². The highest BCUT2D eigenvalue weighted by atomic mass is 35.5. The van der Waals surface area contributed by atoms with E-state index in [9.17, 15) is 14.7 Å². The van der Waals surface area contributed by atoms with Crippen molar-refractivity contribution in [3.05, 3.63) is 64.7 Å². The van der Waals surface area contributed by atoms with E-state index in [1.54, 1.807) is 30.3 Å². The lowest BCUT2D eigenvalue weighted by molar-refractivity contribution is -0.307. The predicted molar refractivity (Wildman–Crippen MR) is 83.5 cm³/mol. The Morgan fingerprint density at radius 1 is 1.22 bits per heavy atom. The molecule has 1 N–H and O–H groups in total. The Bertz CT molecular complexity index is 732. The van der Waals surface area contributed by atoms with E-state index in [1.807, 2.05) is 6.07 Å². The van der Waals surface area contributed by atoms with Crippen LogP contribution >= 0.6 is 11.6 Å². The first-order valence-corrected chi connectivity index (χ1v) is 6.94. The molecule has 0 saturated heterocycles. The number of benzene rings is 2. The minimum atomic E-state index is -1.34. The molecule has 2 aromatic rings. The second-order valence-corrected chi connectivity index (χ2v) is 4.82. The molecule has 2 rings (SSSR count). The highest BCUT2D eigenvalue weighted by molar-refractivity contribution is 6.32. The first-order valence-electron chi connectivity index (χ1n) is 6.57. The summed E-state index contributed by atoms with van der Waals surface area (Å²) in [5, 5.41) is 14.4. The Hall–Kier alpha value is -2.86. The van der Waals surface area contributed by atoms with Gasteiger partial charge in [-0.1, -0.05) is 29.8 Å². The van der Waals surface area contributed by atoms with Gasteiger partial charge in [0, 0.05) is 5.56 Å². The number of hydrazone groups is 1. The van der Waals surface area contributed by atoms with Gasteiger partial charge in [-0.3, -0.25) is 4.79 Å². The fourth-order valence-electron chi connectivity index (χ4n) is 1.67. The van der Waals surface area contributed by atoms with Crippen molar-refractivity contribution in [2.75, 3.05) is 6.61 Å². The number of carbonyl (C=O) groups excluding carboxylic acids is 2. The fraction of sp³-hybridized carbons (Fsp3) is 0.0625. The van der Waals surface area contributed by atoms with Gasteiger partial charge in [0.05, 0.1) is 17.2 Å². The van der Waals surface area contributed by atoms with Crippen molar-refractivity contribution in [2.24, 2.45) is 5.10 Å². The summed E-state index contributed by atoms with van der Waals surface area (Å²) in [6, 6.07) is 13.3. The zero-order chi connectivity index (χ0) is 16.7. The molecule has 23 heavy (non-hydrogen) atoms. The monoisotopic (exact) mass is 331 g/mol. The van der Waals surface area contributed by atoms with E-state index in [0.29, 0.717) is 11.1 Å². The minimum absolute atomic E-state index is 0.223. The Kier molecular flexibility index (Phi) is 5.71. The molecule has 2 aromatic carbocycles. The van der Waals surface area contributed by atoms with Crippen LogP contribution in [0.15, 0.2) is 53.6 Å². The Balaban J connectivity index is 1.96. The maximum Gasteiger partial charge on any atom is 0.271 e. The molecule has 0 spiro atoms. The Morgan fingerprint density at radius 3 is 2.61 bits per heavy atom. The van der Waals surface area contributed by atoms with Crippen LogP contribution < -0.4 is 15.3 Å². The largest absolute Gasteiger partial charge is 0.546 e. The molecule has 0 saturated carbocycles. The molecule has 0 aliphatic heterocycles. The maximum absolute atomic E-state index is 11.8. The van der Waals surface area contributed by atoms with Gasteiger partial charge in [0.2, 0.25) is 0 Å². The molecule has 0 radical (unpaired) electrons. The summed E-state index contributed by atoms with van der Waals surface area (Å²) in [6.07, 6.45) is 1.41.